The van der Waals surface area contributed by atoms with Crippen LogP contribution in [0.5, 0.6) is 0 Å². The molecule has 0 aromatic carbocycles. The lowest BCUT2D eigenvalue weighted by Gasteiger charge is -2.34. The Kier molecular flexibility index (Phi) is 4.91. The van der Waals surface area contributed by atoms with E-state index >= 15 is 0 Å². The number of aryl methyl sites for hydroxylation is 1. The fraction of sp³-hybridized carbons (Fsp3) is 0.667. The maximum atomic E-state index is 4.34. The summed E-state index contributed by atoms with van der Waals surface area (Å²) in [5.74, 6) is 0. The molecule has 1 N–H and O–H groups in total. The van der Waals surface area contributed by atoms with Crippen molar-refractivity contribution in [1.29, 1.82) is 0 Å². The molecule has 4 heteroatoms. The Morgan fingerprint density at radius 3 is 2.79 bits per heavy atom. The van der Waals surface area contributed by atoms with Gasteiger partial charge in [0.15, 0.2) is 0 Å². The second-order valence-electron chi connectivity index (χ2n) is 5.73. The van der Waals surface area contributed by atoms with Gasteiger partial charge in [0.2, 0.25) is 0 Å². The molecule has 0 saturated carbocycles. The summed E-state index contributed by atoms with van der Waals surface area (Å²) in [6.45, 7) is 5.54. The summed E-state index contributed by atoms with van der Waals surface area (Å²) >= 11 is 0. The first-order valence-electron chi connectivity index (χ1n) is 7.09. The predicted octanol–water partition coefficient (Wildman–Crippen LogP) is 1.29. The van der Waals surface area contributed by atoms with Crippen molar-refractivity contribution >= 4 is 0 Å². The van der Waals surface area contributed by atoms with Gasteiger partial charge in [-0.05, 0) is 58.7 Å². The molecule has 0 spiro atoms. The van der Waals surface area contributed by atoms with Crippen LogP contribution in [-0.4, -0.2) is 61.6 Å². The average molecular weight is 262 g/mol. The molecule has 1 aromatic heterocycles. The Bertz CT molecular complexity index is 407. The molecule has 0 amide bonds. The van der Waals surface area contributed by atoms with Crippen LogP contribution in [0.4, 0.5) is 0 Å². The Morgan fingerprint density at radius 2 is 2.11 bits per heavy atom. The fourth-order valence-corrected chi connectivity index (χ4v) is 3.00. The highest BCUT2D eigenvalue weighted by Crippen LogP contribution is 2.22. The molecule has 2 heterocycles. The first-order chi connectivity index (χ1) is 9.11. The van der Waals surface area contributed by atoms with Gasteiger partial charge in [0.05, 0.1) is 6.04 Å². The van der Waals surface area contributed by atoms with Crippen LogP contribution in [0.1, 0.15) is 23.6 Å². The van der Waals surface area contributed by atoms with E-state index < -0.39 is 0 Å². The highest BCUT2D eigenvalue weighted by molar-refractivity contribution is 5.22. The molecule has 1 saturated heterocycles. The number of hydrogen-bond acceptors (Lipinski definition) is 4. The minimum absolute atomic E-state index is 0.331. The highest BCUT2D eigenvalue weighted by atomic mass is 15.2. The van der Waals surface area contributed by atoms with E-state index in [1.807, 2.05) is 19.4 Å². The van der Waals surface area contributed by atoms with E-state index in [1.54, 1.807) is 0 Å². The van der Waals surface area contributed by atoms with Crippen LogP contribution in [0.15, 0.2) is 18.5 Å². The average Bonchev–Trinajstić information content (AvgIpc) is 2.53. The summed E-state index contributed by atoms with van der Waals surface area (Å²) in [6.07, 6.45) is 5.15. The van der Waals surface area contributed by atoms with Gasteiger partial charge in [0, 0.05) is 25.0 Å². The lowest BCUT2D eigenvalue weighted by Crippen LogP contribution is -2.46. The topological polar surface area (TPSA) is 31.4 Å². The lowest BCUT2D eigenvalue weighted by atomic mass is 9.98. The van der Waals surface area contributed by atoms with Crippen molar-refractivity contribution in [3.63, 3.8) is 0 Å². The number of likely N-dealkylation sites (N-methyl/N-ethyl adjacent to an activating group) is 3. The van der Waals surface area contributed by atoms with Crippen LogP contribution in [0.2, 0.25) is 0 Å². The second kappa shape index (κ2) is 6.46. The SMILES string of the molecule is CNC(c1cncc(C)c1)C1CN(C)CCCN1C. The van der Waals surface area contributed by atoms with Gasteiger partial charge in [-0.25, -0.2) is 0 Å². The van der Waals surface area contributed by atoms with Crippen molar-refractivity contribution in [2.45, 2.75) is 25.4 Å². The zero-order chi connectivity index (χ0) is 13.8. The van der Waals surface area contributed by atoms with Gasteiger partial charge in [-0.3, -0.25) is 4.98 Å². The van der Waals surface area contributed by atoms with Gasteiger partial charge in [0.25, 0.3) is 0 Å². The van der Waals surface area contributed by atoms with E-state index in [0.717, 1.165) is 13.1 Å². The summed E-state index contributed by atoms with van der Waals surface area (Å²) in [5, 5.41) is 3.49. The van der Waals surface area contributed by atoms with Crippen LogP contribution in [0.25, 0.3) is 0 Å². The number of nitrogens with zero attached hydrogens (tertiary/aromatic N) is 3. The molecule has 0 bridgehead atoms. The smallest absolute Gasteiger partial charge is 0.0503 e. The number of pyridine rings is 1. The Balaban J connectivity index is 2.24. The summed E-state index contributed by atoms with van der Waals surface area (Å²) in [6, 6.07) is 3.06. The lowest BCUT2D eigenvalue weighted by molar-refractivity contribution is 0.182. The van der Waals surface area contributed by atoms with Crippen LogP contribution in [0, 0.1) is 6.92 Å². The molecule has 106 valence electrons. The zero-order valence-electron chi connectivity index (χ0n) is 12.6. The van der Waals surface area contributed by atoms with Crippen LogP contribution in [0.3, 0.4) is 0 Å². The van der Waals surface area contributed by atoms with Crippen LogP contribution in [-0.2, 0) is 0 Å². The predicted molar refractivity (Wildman–Crippen MR) is 79.3 cm³/mol. The summed E-state index contributed by atoms with van der Waals surface area (Å²) in [5.41, 5.74) is 2.51. The van der Waals surface area contributed by atoms with Crippen LogP contribution >= 0.6 is 0 Å². The quantitative estimate of drug-likeness (QED) is 0.889. The molecule has 0 aliphatic carbocycles. The van der Waals surface area contributed by atoms with Crippen molar-refractivity contribution in [2.75, 3.05) is 40.8 Å². The van der Waals surface area contributed by atoms with Crippen molar-refractivity contribution in [1.82, 2.24) is 20.1 Å². The zero-order valence-corrected chi connectivity index (χ0v) is 12.6. The van der Waals surface area contributed by atoms with E-state index in [9.17, 15) is 0 Å². The number of nitrogens with one attached hydrogen (secondary N) is 1. The molecular weight excluding hydrogens is 236 g/mol. The molecule has 19 heavy (non-hydrogen) atoms. The molecule has 2 unspecified atom stereocenters. The minimum Gasteiger partial charge on any atom is -0.312 e. The van der Waals surface area contributed by atoms with Crippen molar-refractivity contribution in [3.8, 4) is 0 Å². The molecular formula is C15H26N4. The maximum Gasteiger partial charge on any atom is 0.0503 e. The number of hydrogen-bond donors (Lipinski definition) is 1. The molecule has 1 fully saturated rings. The van der Waals surface area contributed by atoms with Crippen LogP contribution < -0.4 is 5.32 Å². The first-order valence-corrected chi connectivity index (χ1v) is 7.09. The maximum absolute atomic E-state index is 4.34. The third kappa shape index (κ3) is 3.53. The molecule has 4 nitrogen and oxygen atoms in total. The molecule has 2 atom stereocenters. The van der Waals surface area contributed by atoms with E-state index in [0.29, 0.717) is 12.1 Å². The normalized spacial score (nSPS) is 24.1. The van der Waals surface area contributed by atoms with Gasteiger partial charge >= 0.3 is 0 Å². The largest absolute Gasteiger partial charge is 0.312 e. The van der Waals surface area contributed by atoms with Gasteiger partial charge in [-0.15, -0.1) is 0 Å². The Labute approximate surface area is 116 Å². The van der Waals surface area contributed by atoms with Gasteiger partial charge < -0.3 is 15.1 Å². The van der Waals surface area contributed by atoms with Gasteiger partial charge in [-0.2, -0.15) is 0 Å². The van der Waals surface area contributed by atoms with E-state index in [4.69, 9.17) is 0 Å². The Morgan fingerprint density at radius 1 is 1.32 bits per heavy atom. The summed E-state index contributed by atoms with van der Waals surface area (Å²) in [7, 11) is 6.50. The van der Waals surface area contributed by atoms with Gasteiger partial charge in [-0.1, -0.05) is 6.07 Å². The van der Waals surface area contributed by atoms with Crippen molar-refractivity contribution < 1.29 is 0 Å². The standard InChI is InChI=1S/C15H26N4/c1-12-8-13(10-17-9-12)15(16-2)14-11-18(3)6-5-7-19(14)4/h8-10,14-16H,5-7,11H2,1-4H3. The monoisotopic (exact) mass is 262 g/mol. The van der Waals surface area contributed by atoms with E-state index in [2.05, 4.69) is 47.2 Å². The second-order valence-corrected chi connectivity index (χ2v) is 5.73. The number of aromatic nitrogens is 1. The summed E-state index contributed by atoms with van der Waals surface area (Å²) in [4.78, 5) is 9.25. The number of rotatable bonds is 3. The van der Waals surface area contributed by atoms with Crippen molar-refractivity contribution in [2.24, 2.45) is 0 Å². The molecule has 1 aliphatic rings. The summed E-state index contributed by atoms with van der Waals surface area (Å²) < 4.78 is 0. The van der Waals surface area contributed by atoms with E-state index in [-0.39, 0.29) is 0 Å². The first kappa shape index (κ1) is 14.4. The third-order valence-corrected chi connectivity index (χ3v) is 4.07. The molecule has 2 rings (SSSR count). The molecule has 0 radical (unpaired) electrons. The minimum atomic E-state index is 0.331. The highest BCUT2D eigenvalue weighted by Gasteiger charge is 2.28. The van der Waals surface area contributed by atoms with Gasteiger partial charge in [0.1, 0.15) is 0 Å². The molecule has 1 aliphatic heterocycles. The Hall–Kier alpha value is -0.970. The van der Waals surface area contributed by atoms with E-state index in [1.165, 1.54) is 24.1 Å². The third-order valence-electron chi connectivity index (χ3n) is 4.07. The fourth-order valence-electron chi connectivity index (χ4n) is 3.00. The van der Waals surface area contributed by atoms with Crippen molar-refractivity contribution in [3.05, 3.63) is 29.6 Å². The molecule has 1 aromatic rings.